The molecule has 0 spiro atoms. The predicted molar refractivity (Wildman–Crippen MR) is 84.6 cm³/mol. The van der Waals surface area contributed by atoms with Crippen LogP contribution in [-0.2, 0) is 0 Å². The second-order valence-electron chi connectivity index (χ2n) is 4.64. The van der Waals surface area contributed by atoms with E-state index in [-0.39, 0.29) is 11.4 Å². The number of non-ortho nitro benzene ring substituents is 1. The van der Waals surface area contributed by atoms with E-state index < -0.39 is 4.92 Å². The van der Waals surface area contributed by atoms with Gasteiger partial charge < -0.3 is 4.90 Å². The summed E-state index contributed by atoms with van der Waals surface area (Å²) in [6, 6.07) is 7.81. The summed E-state index contributed by atoms with van der Waals surface area (Å²) in [7, 11) is 0. The van der Waals surface area contributed by atoms with Gasteiger partial charge in [-0.05, 0) is 31.2 Å². The highest BCUT2D eigenvalue weighted by Crippen LogP contribution is 2.27. The topological polar surface area (TPSA) is 94.9 Å². The Hall–Kier alpha value is -2.40. The van der Waals surface area contributed by atoms with Gasteiger partial charge in [0.2, 0.25) is 0 Å². The molecular formula is C14H15N5O2S. The van der Waals surface area contributed by atoms with Crippen LogP contribution in [0.4, 0.5) is 11.4 Å². The van der Waals surface area contributed by atoms with Gasteiger partial charge in [0.1, 0.15) is 11.1 Å². The maximum Gasteiger partial charge on any atom is 0.269 e. The van der Waals surface area contributed by atoms with Gasteiger partial charge in [-0.15, -0.1) is 22.0 Å². The van der Waals surface area contributed by atoms with Crippen molar-refractivity contribution in [3.05, 3.63) is 45.1 Å². The number of thioether (sulfide) groups is 1. The molecule has 0 aromatic heterocycles. The van der Waals surface area contributed by atoms with Crippen molar-refractivity contribution in [3.63, 3.8) is 0 Å². The number of nitriles is 1. The molecule has 1 aliphatic rings. The Bertz CT molecular complexity index is 642. The van der Waals surface area contributed by atoms with Crippen LogP contribution in [0.15, 0.2) is 45.2 Å². The lowest BCUT2D eigenvalue weighted by molar-refractivity contribution is -0.384. The van der Waals surface area contributed by atoms with Crippen molar-refractivity contribution in [2.45, 2.75) is 12.8 Å². The molecule has 1 aromatic rings. The number of nitro groups is 1. The summed E-state index contributed by atoms with van der Waals surface area (Å²) in [6.07, 6.45) is 4.14. The Morgan fingerprint density at radius 2 is 2.00 bits per heavy atom. The smallest absolute Gasteiger partial charge is 0.269 e. The lowest BCUT2D eigenvalue weighted by atomic mass is 10.3. The van der Waals surface area contributed by atoms with E-state index in [1.54, 1.807) is 0 Å². The van der Waals surface area contributed by atoms with E-state index in [0.717, 1.165) is 31.0 Å². The minimum Gasteiger partial charge on any atom is -0.364 e. The Morgan fingerprint density at radius 3 is 2.50 bits per heavy atom. The molecule has 2 rings (SSSR count). The lowest BCUT2D eigenvalue weighted by Gasteiger charge is -2.19. The number of hydrogen-bond acceptors (Lipinski definition) is 7. The summed E-state index contributed by atoms with van der Waals surface area (Å²) in [5.74, 6) is 0. The van der Waals surface area contributed by atoms with Crippen LogP contribution in [-0.4, -0.2) is 29.2 Å². The highest BCUT2D eigenvalue weighted by Gasteiger charge is 2.18. The first-order valence-electron chi connectivity index (χ1n) is 6.75. The second kappa shape index (κ2) is 7.56. The molecule has 1 aliphatic heterocycles. The van der Waals surface area contributed by atoms with Crippen molar-refractivity contribution in [1.82, 2.24) is 4.90 Å². The zero-order chi connectivity index (χ0) is 15.9. The Morgan fingerprint density at radius 1 is 1.36 bits per heavy atom. The van der Waals surface area contributed by atoms with Crippen LogP contribution < -0.4 is 0 Å². The van der Waals surface area contributed by atoms with Crippen LogP contribution in [0.3, 0.4) is 0 Å². The number of benzene rings is 1. The fourth-order valence-electron chi connectivity index (χ4n) is 2.16. The number of allylic oxidation sites excluding steroid dienone is 1. The number of rotatable bonds is 5. The molecule has 0 radical (unpaired) electrons. The molecule has 0 aliphatic carbocycles. The highest BCUT2D eigenvalue weighted by molar-refractivity contribution is 8.02. The number of hydrogen-bond donors (Lipinski definition) is 0. The molecule has 0 amide bonds. The quantitative estimate of drug-likeness (QED) is 0.356. The monoisotopic (exact) mass is 317 g/mol. The Balaban J connectivity index is 2.21. The van der Waals surface area contributed by atoms with Crippen LogP contribution in [0.1, 0.15) is 12.8 Å². The summed E-state index contributed by atoms with van der Waals surface area (Å²) in [6.45, 7) is 1.85. The molecule has 1 saturated heterocycles. The van der Waals surface area contributed by atoms with Gasteiger partial charge in [-0.3, -0.25) is 10.1 Å². The normalized spacial score (nSPS) is 15.7. The van der Waals surface area contributed by atoms with Gasteiger partial charge in [0, 0.05) is 25.2 Å². The predicted octanol–water partition coefficient (Wildman–Crippen LogP) is 3.83. The number of likely N-dealkylation sites (tertiary alicyclic amines) is 1. The number of nitrogens with zero attached hydrogens (tertiary/aromatic N) is 5. The molecule has 1 fully saturated rings. The molecule has 0 atom stereocenters. The molecule has 22 heavy (non-hydrogen) atoms. The molecule has 114 valence electrons. The van der Waals surface area contributed by atoms with Crippen molar-refractivity contribution in [1.29, 1.82) is 5.26 Å². The zero-order valence-corrected chi connectivity index (χ0v) is 12.9. The van der Waals surface area contributed by atoms with Gasteiger partial charge in [0.05, 0.1) is 10.6 Å². The van der Waals surface area contributed by atoms with Crippen LogP contribution in [0.2, 0.25) is 0 Å². The van der Waals surface area contributed by atoms with Gasteiger partial charge in [0.25, 0.3) is 5.69 Å². The first-order valence-corrected chi connectivity index (χ1v) is 7.97. The average molecular weight is 317 g/mol. The third-order valence-corrected chi connectivity index (χ3v) is 4.06. The third-order valence-electron chi connectivity index (χ3n) is 3.22. The van der Waals surface area contributed by atoms with Crippen LogP contribution in [0, 0.1) is 21.4 Å². The number of nitro benzene ring substituents is 1. The van der Waals surface area contributed by atoms with E-state index in [9.17, 15) is 15.4 Å². The SMILES string of the molecule is CS/C(=C(\C#N)N=Nc1ccc([N+](=O)[O-])cc1)N1CCCC1. The minimum absolute atomic E-state index is 0.00290. The van der Waals surface area contributed by atoms with E-state index in [0.29, 0.717) is 5.69 Å². The van der Waals surface area contributed by atoms with Crippen molar-refractivity contribution in [2.75, 3.05) is 19.3 Å². The standard InChI is InChI=1S/C14H15N5O2S/c1-22-14(18-8-2-3-9-18)13(10-15)17-16-11-4-6-12(7-5-11)19(20)21/h4-7H,2-3,8-9H2,1H3/b14-13+,17-16?. The summed E-state index contributed by atoms with van der Waals surface area (Å²) < 4.78 is 0. The molecule has 1 heterocycles. The molecule has 0 saturated carbocycles. The van der Waals surface area contributed by atoms with E-state index in [1.807, 2.05) is 6.26 Å². The van der Waals surface area contributed by atoms with Crippen molar-refractivity contribution in [3.8, 4) is 6.07 Å². The van der Waals surface area contributed by atoms with Crippen LogP contribution in [0.5, 0.6) is 0 Å². The van der Waals surface area contributed by atoms with Crippen LogP contribution in [0.25, 0.3) is 0 Å². The van der Waals surface area contributed by atoms with E-state index in [4.69, 9.17) is 0 Å². The maximum absolute atomic E-state index is 10.6. The van der Waals surface area contributed by atoms with E-state index in [1.165, 1.54) is 36.0 Å². The second-order valence-corrected chi connectivity index (χ2v) is 5.43. The zero-order valence-electron chi connectivity index (χ0n) is 12.1. The molecular weight excluding hydrogens is 302 g/mol. The largest absolute Gasteiger partial charge is 0.364 e. The van der Waals surface area contributed by atoms with Gasteiger partial charge >= 0.3 is 0 Å². The molecule has 8 heteroatoms. The van der Waals surface area contributed by atoms with Crippen molar-refractivity contribution < 1.29 is 4.92 Å². The Labute approximate surface area is 132 Å². The lowest BCUT2D eigenvalue weighted by Crippen LogP contribution is -2.17. The van der Waals surface area contributed by atoms with Gasteiger partial charge in [-0.25, -0.2) is 0 Å². The molecule has 0 N–H and O–H groups in total. The fraction of sp³-hybridized carbons (Fsp3) is 0.357. The summed E-state index contributed by atoms with van der Waals surface area (Å²) >= 11 is 1.48. The minimum atomic E-state index is -0.471. The first kappa shape index (κ1) is 16.0. The average Bonchev–Trinajstić information content (AvgIpc) is 3.05. The summed E-state index contributed by atoms with van der Waals surface area (Å²) in [5, 5.41) is 28.7. The molecule has 7 nitrogen and oxygen atoms in total. The van der Waals surface area contributed by atoms with Gasteiger partial charge in [-0.2, -0.15) is 5.26 Å². The molecule has 0 bridgehead atoms. The van der Waals surface area contributed by atoms with E-state index >= 15 is 0 Å². The van der Waals surface area contributed by atoms with Crippen molar-refractivity contribution in [2.24, 2.45) is 10.2 Å². The third kappa shape index (κ3) is 3.83. The van der Waals surface area contributed by atoms with Gasteiger partial charge in [0.15, 0.2) is 5.70 Å². The van der Waals surface area contributed by atoms with Crippen molar-refractivity contribution >= 4 is 23.1 Å². The number of azo groups is 1. The summed E-state index contributed by atoms with van der Waals surface area (Å²) in [5.41, 5.74) is 0.741. The molecule has 0 unspecified atom stereocenters. The Kier molecular flexibility index (Phi) is 5.49. The van der Waals surface area contributed by atoms with E-state index in [2.05, 4.69) is 21.2 Å². The van der Waals surface area contributed by atoms with Gasteiger partial charge in [-0.1, -0.05) is 0 Å². The first-order chi connectivity index (χ1) is 10.7. The maximum atomic E-state index is 10.6. The highest BCUT2D eigenvalue weighted by atomic mass is 32.2. The molecule has 1 aromatic carbocycles. The summed E-state index contributed by atoms with van der Waals surface area (Å²) in [4.78, 5) is 12.3. The van der Waals surface area contributed by atoms with Crippen LogP contribution >= 0.6 is 11.8 Å². The fourth-order valence-corrected chi connectivity index (χ4v) is 2.88.